The molecule has 0 aliphatic carbocycles. The van der Waals surface area contributed by atoms with E-state index >= 15 is 0 Å². The fourth-order valence-corrected chi connectivity index (χ4v) is 1.82. The second-order valence-electron chi connectivity index (χ2n) is 3.49. The molecule has 0 radical (unpaired) electrons. The van der Waals surface area contributed by atoms with Crippen LogP contribution in [0, 0.1) is 0 Å². The normalized spacial score (nSPS) is 23.6. The molecule has 0 bridgehead atoms. The third kappa shape index (κ3) is 2.10. The van der Waals surface area contributed by atoms with Gasteiger partial charge in [0, 0.05) is 13.5 Å². The Hall–Kier alpha value is -0.940. The summed E-state index contributed by atoms with van der Waals surface area (Å²) < 4.78 is 0. The lowest BCUT2D eigenvalue weighted by Gasteiger charge is -2.26. The van der Waals surface area contributed by atoms with Crippen molar-refractivity contribution < 1.29 is 19.8 Å². The van der Waals surface area contributed by atoms with Crippen molar-refractivity contribution in [3.05, 3.63) is 0 Å². The molecule has 1 aliphatic rings. The minimum absolute atomic E-state index is 0.141. The molecule has 1 rings (SSSR count). The number of hydrogen-bond donors (Lipinski definition) is 2. The van der Waals surface area contributed by atoms with E-state index in [-0.39, 0.29) is 5.91 Å². The number of hydrogen-bond acceptors (Lipinski definition) is 4. The fourth-order valence-electron chi connectivity index (χ4n) is 1.82. The SMILES string of the molecule is CC(=O)N1CCCC1[C@H](O)C(=O)CO. The highest BCUT2D eigenvalue weighted by Crippen LogP contribution is 2.20. The minimum Gasteiger partial charge on any atom is -0.388 e. The number of rotatable bonds is 3. The van der Waals surface area contributed by atoms with Crippen LogP contribution in [0.4, 0.5) is 0 Å². The molecule has 0 spiro atoms. The summed E-state index contributed by atoms with van der Waals surface area (Å²) in [6, 6.07) is -0.452. The van der Waals surface area contributed by atoms with E-state index in [1.54, 1.807) is 0 Å². The molecule has 0 aromatic rings. The zero-order valence-corrected chi connectivity index (χ0v) is 8.14. The Morgan fingerprint density at radius 1 is 1.57 bits per heavy atom. The molecule has 5 heteroatoms. The zero-order valence-electron chi connectivity index (χ0n) is 8.14. The topological polar surface area (TPSA) is 77.8 Å². The first-order valence-electron chi connectivity index (χ1n) is 4.66. The Labute approximate surface area is 82.3 Å². The quantitative estimate of drug-likeness (QED) is 0.609. The summed E-state index contributed by atoms with van der Waals surface area (Å²) in [6.07, 6.45) is 0.165. The Morgan fingerprint density at radius 2 is 2.21 bits per heavy atom. The highest BCUT2D eigenvalue weighted by Gasteiger charge is 2.35. The van der Waals surface area contributed by atoms with Crippen LogP contribution in [0.15, 0.2) is 0 Å². The van der Waals surface area contributed by atoms with Crippen LogP contribution in [0.5, 0.6) is 0 Å². The van der Waals surface area contributed by atoms with Crippen LogP contribution >= 0.6 is 0 Å². The van der Waals surface area contributed by atoms with Gasteiger partial charge in [0.2, 0.25) is 5.91 Å². The lowest BCUT2D eigenvalue weighted by Crippen LogP contribution is -2.46. The van der Waals surface area contributed by atoms with Crippen molar-refractivity contribution in [3.63, 3.8) is 0 Å². The van der Waals surface area contributed by atoms with Crippen LogP contribution in [-0.2, 0) is 9.59 Å². The van der Waals surface area contributed by atoms with Gasteiger partial charge in [-0.05, 0) is 12.8 Å². The van der Waals surface area contributed by atoms with Crippen molar-refractivity contribution in [3.8, 4) is 0 Å². The Bertz CT molecular complexity index is 241. The van der Waals surface area contributed by atoms with Gasteiger partial charge in [0.25, 0.3) is 0 Å². The standard InChI is InChI=1S/C9H15NO4/c1-6(12)10-4-2-3-7(10)9(14)8(13)5-11/h7,9,11,14H,2-5H2,1H3/t7?,9-/m0/s1. The maximum Gasteiger partial charge on any atom is 0.219 e. The second-order valence-corrected chi connectivity index (χ2v) is 3.49. The molecule has 0 saturated carbocycles. The molecule has 2 N–H and O–H groups in total. The van der Waals surface area contributed by atoms with E-state index in [9.17, 15) is 14.7 Å². The Kier molecular flexibility index (Phi) is 3.60. The molecule has 1 unspecified atom stereocenters. The molecule has 2 atom stereocenters. The van der Waals surface area contributed by atoms with Crippen molar-refractivity contribution in [1.29, 1.82) is 0 Å². The van der Waals surface area contributed by atoms with Crippen LogP contribution in [-0.4, -0.2) is 52.1 Å². The number of Topliss-reactive ketones (excluding diaryl/α,β-unsaturated/α-hetero) is 1. The lowest BCUT2D eigenvalue weighted by molar-refractivity contribution is -0.138. The summed E-state index contributed by atoms with van der Waals surface area (Å²) in [6.45, 7) is 1.31. The highest BCUT2D eigenvalue weighted by atomic mass is 16.3. The van der Waals surface area contributed by atoms with Crippen molar-refractivity contribution in [1.82, 2.24) is 4.90 Å². The Balaban J connectivity index is 2.66. The molecule has 0 aromatic carbocycles. The monoisotopic (exact) mass is 201 g/mol. The number of carbonyl (C=O) groups is 2. The maximum atomic E-state index is 11.1. The van der Waals surface area contributed by atoms with Gasteiger partial charge in [-0.25, -0.2) is 0 Å². The van der Waals surface area contributed by atoms with Crippen LogP contribution in [0.3, 0.4) is 0 Å². The van der Waals surface area contributed by atoms with Gasteiger partial charge in [-0.3, -0.25) is 9.59 Å². The second kappa shape index (κ2) is 4.52. The number of nitrogens with zero attached hydrogens (tertiary/aromatic N) is 1. The average Bonchev–Trinajstić information content (AvgIpc) is 2.63. The summed E-state index contributed by atoms with van der Waals surface area (Å²) in [7, 11) is 0. The van der Waals surface area contributed by atoms with Gasteiger partial charge in [0.1, 0.15) is 12.7 Å². The van der Waals surface area contributed by atoms with E-state index < -0.39 is 24.5 Å². The first kappa shape index (κ1) is 11.1. The van der Waals surface area contributed by atoms with Gasteiger partial charge in [-0.15, -0.1) is 0 Å². The molecule has 0 aromatic heterocycles. The molecule has 80 valence electrons. The van der Waals surface area contributed by atoms with Crippen LogP contribution in [0.2, 0.25) is 0 Å². The zero-order chi connectivity index (χ0) is 10.7. The summed E-state index contributed by atoms with van der Waals surface area (Å²) in [5.41, 5.74) is 0. The van der Waals surface area contributed by atoms with E-state index in [4.69, 9.17) is 5.11 Å². The molecule has 1 saturated heterocycles. The van der Waals surface area contributed by atoms with Crippen molar-refractivity contribution >= 4 is 11.7 Å². The van der Waals surface area contributed by atoms with E-state index in [1.165, 1.54) is 11.8 Å². The van der Waals surface area contributed by atoms with E-state index in [1.807, 2.05) is 0 Å². The molecule has 1 amide bonds. The summed E-state index contributed by atoms with van der Waals surface area (Å²) in [5.74, 6) is -0.763. The molecular formula is C9H15NO4. The number of aliphatic hydroxyl groups is 2. The van der Waals surface area contributed by atoms with Crippen LogP contribution in [0.1, 0.15) is 19.8 Å². The number of amides is 1. The molecule has 5 nitrogen and oxygen atoms in total. The average molecular weight is 201 g/mol. The lowest BCUT2D eigenvalue weighted by atomic mass is 10.0. The van der Waals surface area contributed by atoms with Gasteiger partial charge in [-0.1, -0.05) is 0 Å². The van der Waals surface area contributed by atoms with Gasteiger partial charge >= 0.3 is 0 Å². The number of carbonyl (C=O) groups excluding carboxylic acids is 2. The first-order chi connectivity index (χ1) is 6.57. The van der Waals surface area contributed by atoms with Crippen LogP contribution < -0.4 is 0 Å². The summed E-state index contributed by atoms with van der Waals surface area (Å²) in [5, 5.41) is 18.1. The smallest absolute Gasteiger partial charge is 0.219 e. The third-order valence-electron chi connectivity index (χ3n) is 2.55. The van der Waals surface area contributed by atoms with Gasteiger partial charge < -0.3 is 15.1 Å². The number of ketones is 1. The summed E-state index contributed by atoms with van der Waals surface area (Å²) >= 11 is 0. The van der Waals surface area contributed by atoms with Crippen molar-refractivity contribution in [2.24, 2.45) is 0 Å². The van der Waals surface area contributed by atoms with Gasteiger partial charge in [-0.2, -0.15) is 0 Å². The van der Waals surface area contributed by atoms with Crippen molar-refractivity contribution in [2.45, 2.75) is 31.9 Å². The van der Waals surface area contributed by atoms with Gasteiger partial charge in [0.15, 0.2) is 5.78 Å². The predicted molar refractivity (Wildman–Crippen MR) is 48.5 cm³/mol. The molecule has 14 heavy (non-hydrogen) atoms. The third-order valence-corrected chi connectivity index (χ3v) is 2.55. The number of aliphatic hydroxyl groups excluding tert-OH is 2. The summed E-state index contributed by atoms with van der Waals surface area (Å²) in [4.78, 5) is 23.6. The minimum atomic E-state index is -1.24. The Morgan fingerprint density at radius 3 is 2.71 bits per heavy atom. The van der Waals surface area contributed by atoms with E-state index in [0.717, 1.165) is 6.42 Å². The molecule has 1 aliphatic heterocycles. The van der Waals surface area contributed by atoms with Crippen molar-refractivity contribution in [2.75, 3.05) is 13.2 Å². The largest absolute Gasteiger partial charge is 0.388 e. The maximum absolute atomic E-state index is 11.1. The molecular weight excluding hydrogens is 186 g/mol. The van der Waals surface area contributed by atoms with E-state index in [0.29, 0.717) is 13.0 Å². The molecule has 1 fully saturated rings. The van der Waals surface area contributed by atoms with E-state index in [2.05, 4.69) is 0 Å². The molecule has 1 heterocycles. The first-order valence-corrected chi connectivity index (χ1v) is 4.66. The van der Waals surface area contributed by atoms with Gasteiger partial charge in [0.05, 0.1) is 6.04 Å². The predicted octanol–water partition coefficient (Wildman–Crippen LogP) is -1.08. The number of likely N-dealkylation sites (tertiary alicyclic amines) is 1. The fraction of sp³-hybridized carbons (Fsp3) is 0.778. The highest BCUT2D eigenvalue weighted by molar-refractivity contribution is 5.85. The van der Waals surface area contributed by atoms with Crippen LogP contribution in [0.25, 0.3) is 0 Å².